The molecule has 6 heteroatoms. The van der Waals surface area contributed by atoms with Crippen LogP contribution in [0.1, 0.15) is 0 Å². The van der Waals surface area contributed by atoms with Gasteiger partial charge in [0.05, 0.1) is 0 Å². The summed E-state index contributed by atoms with van der Waals surface area (Å²) in [6.07, 6.45) is 0. The number of aliphatic hydroxyl groups excluding tert-OH is 1. The summed E-state index contributed by atoms with van der Waals surface area (Å²) < 4.78 is 0. The van der Waals surface area contributed by atoms with Crippen molar-refractivity contribution in [2.75, 3.05) is 7.11 Å². The molecule has 0 bridgehead atoms. The molecular weight excluding hydrogens is 104 g/mol. The molecule has 0 aliphatic rings. The highest BCUT2D eigenvalue weighted by Gasteiger charge is 1.65. The lowest BCUT2D eigenvalue weighted by atomic mass is 11.8. The summed E-state index contributed by atoms with van der Waals surface area (Å²) >= 11 is 0. The van der Waals surface area contributed by atoms with Gasteiger partial charge in [0.25, 0.3) is 5.09 Å². The molecule has 46 valence electrons. The van der Waals surface area contributed by atoms with E-state index in [1.165, 1.54) is 0 Å². The molecule has 0 atom stereocenters. The predicted octanol–water partition coefficient (Wildman–Crippen LogP) is -0.577. The van der Waals surface area contributed by atoms with Crippen LogP contribution in [0.15, 0.2) is 0 Å². The summed E-state index contributed by atoms with van der Waals surface area (Å²) in [5.41, 5.74) is 0. The van der Waals surface area contributed by atoms with Crippen LogP contribution in [0.3, 0.4) is 0 Å². The molecule has 0 unspecified atom stereocenters. The first-order chi connectivity index (χ1) is 2.73. The lowest BCUT2D eigenvalue weighted by Gasteiger charge is -1.56. The fourth-order valence-electron chi connectivity index (χ4n) is 0. The first-order valence-electron chi connectivity index (χ1n) is 1.01. The third-order valence-electron chi connectivity index (χ3n) is 0. The Morgan fingerprint density at radius 3 is 1.57 bits per heavy atom. The third-order valence-corrected chi connectivity index (χ3v) is 0. The van der Waals surface area contributed by atoms with E-state index in [9.17, 15) is 0 Å². The van der Waals surface area contributed by atoms with E-state index in [1.54, 1.807) is 0 Å². The number of nitrogens with zero attached hydrogens (tertiary/aromatic N) is 1. The normalized spacial score (nSPS) is 4.29. The Morgan fingerprint density at radius 1 is 1.57 bits per heavy atom. The Kier molecular flexibility index (Phi) is 45.5. The molecule has 5 N–H and O–H groups in total. The average Bonchev–Trinajstić information content (AvgIpc) is 1.41. The fraction of sp³-hybridized carbons (Fsp3) is 1.00. The van der Waals surface area contributed by atoms with E-state index in [0.29, 0.717) is 0 Å². The molecule has 6 nitrogen and oxygen atoms in total. The van der Waals surface area contributed by atoms with E-state index < -0.39 is 5.09 Å². The zero-order valence-corrected chi connectivity index (χ0v) is 3.87. The van der Waals surface area contributed by atoms with Crippen molar-refractivity contribution in [1.82, 2.24) is 6.15 Å². The maximum absolute atomic E-state index is 8.36. The summed E-state index contributed by atoms with van der Waals surface area (Å²) in [5.74, 6) is 0. The monoisotopic (exact) mass is 112 g/mol. The van der Waals surface area contributed by atoms with Crippen LogP contribution >= 0.6 is 0 Å². The van der Waals surface area contributed by atoms with Crippen molar-refractivity contribution in [2.45, 2.75) is 0 Å². The molecule has 0 aromatic carbocycles. The average molecular weight is 112 g/mol. The van der Waals surface area contributed by atoms with E-state index in [4.69, 9.17) is 20.4 Å². The standard InChI is InChI=1S/CH4O.HNO3.H3N/c1-2;2-1(3)4;/h2H,1H3;(H,2,3,4);1H3. The third kappa shape index (κ3) is 64.4. The van der Waals surface area contributed by atoms with Gasteiger partial charge in [0, 0.05) is 7.11 Å². The number of hydrogen-bond acceptors (Lipinski definition) is 4. The Bertz CT molecular complexity index is 32.7. The first-order valence-corrected chi connectivity index (χ1v) is 1.01. The maximum Gasteiger partial charge on any atom is 0.291 e. The Balaban J connectivity index is -0.0000000480. The summed E-state index contributed by atoms with van der Waals surface area (Å²) in [7, 11) is 1.00. The summed E-state index contributed by atoms with van der Waals surface area (Å²) in [4.78, 5) is 8.36. The number of hydrogen-bond donors (Lipinski definition) is 3. The van der Waals surface area contributed by atoms with Gasteiger partial charge in [-0.2, -0.15) is 0 Å². The van der Waals surface area contributed by atoms with Gasteiger partial charge in [0.1, 0.15) is 0 Å². The van der Waals surface area contributed by atoms with Crippen molar-refractivity contribution in [3.63, 3.8) is 0 Å². The molecule has 0 heterocycles. The zero-order chi connectivity index (χ0) is 5.58. The van der Waals surface area contributed by atoms with Crippen molar-refractivity contribution in [3.05, 3.63) is 10.1 Å². The van der Waals surface area contributed by atoms with Crippen LogP contribution in [-0.4, -0.2) is 22.5 Å². The van der Waals surface area contributed by atoms with Gasteiger partial charge in [-0.05, 0) is 0 Å². The largest absolute Gasteiger partial charge is 0.400 e. The van der Waals surface area contributed by atoms with Gasteiger partial charge in [-0.25, -0.2) is 0 Å². The number of aliphatic hydroxyl groups is 1. The minimum Gasteiger partial charge on any atom is -0.400 e. The fourth-order valence-corrected chi connectivity index (χ4v) is 0. The first kappa shape index (κ1) is 16.5. The smallest absolute Gasteiger partial charge is 0.291 e. The minimum absolute atomic E-state index is 0. The summed E-state index contributed by atoms with van der Waals surface area (Å²) in [5, 5.41) is 20.6. The SMILES string of the molecule is CO.N.O=[N+]([O-])O. The van der Waals surface area contributed by atoms with Crippen LogP contribution in [0.2, 0.25) is 0 Å². The van der Waals surface area contributed by atoms with E-state index in [2.05, 4.69) is 0 Å². The molecule has 0 aliphatic heterocycles. The molecule has 0 saturated heterocycles. The van der Waals surface area contributed by atoms with E-state index in [0.717, 1.165) is 7.11 Å². The van der Waals surface area contributed by atoms with Crippen molar-refractivity contribution in [2.24, 2.45) is 0 Å². The van der Waals surface area contributed by atoms with E-state index >= 15 is 0 Å². The lowest BCUT2D eigenvalue weighted by molar-refractivity contribution is -0.742. The summed E-state index contributed by atoms with van der Waals surface area (Å²) in [6.45, 7) is 0. The van der Waals surface area contributed by atoms with Crippen molar-refractivity contribution >= 4 is 0 Å². The van der Waals surface area contributed by atoms with Crippen LogP contribution in [-0.2, 0) is 0 Å². The second-order valence-electron chi connectivity index (χ2n) is 0.238. The van der Waals surface area contributed by atoms with Crippen LogP contribution in [0.5, 0.6) is 0 Å². The highest BCUT2D eigenvalue weighted by Crippen LogP contribution is 1.38. The molecule has 7 heavy (non-hydrogen) atoms. The predicted molar refractivity (Wildman–Crippen MR) is 21.9 cm³/mol. The quantitative estimate of drug-likeness (QED) is 0.286. The molecule has 0 aromatic heterocycles. The molecule has 0 saturated carbocycles. The molecule has 0 radical (unpaired) electrons. The van der Waals surface area contributed by atoms with Gasteiger partial charge in [0.15, 0.2) is 0 Å². The highest BCUT2D eigenvalue weighted by atomic mass is 16.9. The van der Waals surface area contributed by atoms with Crippen LogP contribution in [0.25, 0.3) is 0 Å². The molecule has 0 fully saturated rings. The van der Waals surface area contributed by atoms with Crippen molar-refractivity contribution < 1.29 is 15.4 Å². The maximum atomic E-state index is 8.36. The molecule has 0 aliphatic carbocycles. The van der Waals surface area contributed by atoms with Crippen LogP contribution in [0.4, 0.5) is 0 Å². The number of rotatable bonds is 0. The van der Waals surface area contributed by atoms with E-state index in [1.807, 2.05) is 0 Å². The molecule has 0 aromatic rings. The molecular formula is CH8N2O4. The molecule has 0 rings (SSSR count). The molecule has 0 spiro atoms. The van der Waals surface area contributed by atoms with Crippen LogP contribution in [0, 0.1) is 10.1 Å². The van der Waals surface area contributed by atoms with Crippen molar-refractivity contribution in [1.29, 1.82) is 0 Å². The van der Waals surface area contributed by atoms with Gasteiger partial charge in [-0.15, -0.1) is 10.1 Å². The summed E-state index contributed by atoms with van der Waals surface area (Å²) in [6, 6.07) is 0. The molecule has 0 amide bonds. The van der Waals surface area contributed by atoms with Gasteiger partial charge in [-0.1, -0.05) is 0 Å². The van der Waals surface area contributed by atoms with Gasteiger partial charge in [0.2, 0.25) is 0 Å². The van der Waals surface area contributed by atoms with Crippen molar-refractivity contribution in [3.8, 4) is 0 Å². The topological polar surface area (TPSA) is 119 Å². The zero-order valence-electron chi connectivity index (χ0n) is 3.87. The lowest BCUT2D eigenvalue weighted by Crippen LogP contribution is -1.81. The Labute approximate surface area is 40.1 Å². The second kappa shape index (κ2) is 19.3. The minimum atomic E-state index is -1.50. The Morgan fingerprint density at radius 2 is 1.57 bits per heavy atom. The van der Waals surface area contributed by atoms with E-state index in [-0.39, 0.29) is 6.15 Å². The second-order valence-corrected chi connectivity index (χ2v) is 0.238. The van der Waals surface area contributed by atoms with Gasteiger partial charge in [-0.3, -0.25) is 0 Å². The Hall–Kier alpha value is -0.880. The van der Waals surface area contributed by atoms with Crippen LogP contribution < -0.4 is 6.15 Å². The highest BCUT2D eigenvalue weighted by molar-refractivity contribution is 3.83. The van der Waals surface area contributed by atoms with Gasteiger partial charge < -0.3 is 16.5 Å². The van der Waals surface area contributed by atoms with Gasteiger partial charge >= 0.3 is 0 Å².